The molecule has 1 nitrogen and oxygen atoms in total. The summed E-state index contributed by atoms with van der Waals surface area (Å²) in [6.07, 6.45) is 0. The predicted molar refractivity (Wildman–Crippen MR) is 241 cm³/mol. The smallest absolute Gasteiger partial charge is 0.0540 e. The number of benzene rings is 9. The van der Waals surface area contributed by atoms with Gasteiger partial charge in [-0.2, -0.15) is 0 Å². The van der Waals surface area contributed by atoms with Crippen molar-refractivity contribution in [1.29, 1.82) is 0 Å². The minimum absolute atomic E-state index is 1.11. The molecule has 0 aliphatic carbocycles. The van der Waals surface area contributed by atoms with E-state index in [1.807, 2.05) is 22.7 Å². The molecule has 3 heteroatoms. The van der Waals surface area contributed by atoms with Gasteiger partial charge in [0.25, 0.3) is 0 Å². The number of rotatable bonds is 6. The molecule has 0 aliphatic rings. The normalized spacial score (nSPS) is 11.6. The predicted octanol–water partition coefficient (Wildman–Crippen LogP) is 16.0. The molecule has 9 aromatic carbocycles. The minimum atomic E-state index is 1.11. The third-order valence-corrected chi connectivity index (χ3v) is 13.3. The van der Waals surface area contributed by atoms with Crippen LogP contribution in [0.4, 0.5) is 17.1 Å². The highest BCUT2D eigenvalue weighted by atomic mass is 32.1. The van der Waals surface area contributed by atoms with Crippen LogP contribution in [0.25, 0.3) is 84.5 Å². The third kappa shape index (κ3) is 5.35. The molecule has 2 aromatic heterocycles. The highest BCUT2D eigenvalue weighted by Gasteiger charge is 2.21. The summed E-state index contributed by atoms with van der Waals surface area (Å²) >= 11 is 3.76. The first kappa shape index (κ1) is 32.0. The van der Waals surface area contributed by atoms with Crippen LogP contribution in [0.3, 0.4) is 0 Å². The molecule has 0 radical (unpaired) electrons. The molecule has 0 saturated heterocycles. The Labute approximate surface area is 327 Å². The van der Waals surface area contributed by atoms with Gasteiger partial charge in [-0.1, -0.05) is 158 Å². The zero-order valence-electron chi connectivity index (χ0n) is 29.8. The standard InChI is InChI=1S/C52H33NS2/c1-2-20-39-34(14-1)15-11-24-40(39)35-16-9-18-37(32-35)53(38-19-10-17-36(33-38)41-25-12-27-46-43-22-4-7-30-49(43)54-51(41)46)48-29-6-3-21-42(48)45-26-13-28-47-44-23-5-8-31-50(44)55-52(45)47/h1-33H. The van der Waals surface area contributed by atoms with E-state index >= 15 is 0 Å². The van der Waals surface area contributed by atoms with Gasteiger partial charge in [0.1, 0.15) is 0 Å². The van der Waals surface area contributed by atoms with Crippen molar-refractivity contribution in [3.8, 4) is 33.4 Å². The van der Waals surface area contributed by atoms with E-state index in [4.69, 9.17) is 0 Å². The van der Waals surface area contributed by atoms with Crippen molar-refractivity contribution in [3.63, 3.8) is 0 Å². The molecule has 0 saturated carbocycles. The van der Waals surface area contributed by atoms with Crippen molar-refractivity contribution in [3.05, 3.63) is 200 Å². The molecule has 0 spiro atoms. The van der Waals surface area contributed by atoms with E-state index in [9.17, 15) is 0 Å². The molecule has 2 heterocycles. The van der Waals surface area contributed by atoms with Gasteiger partial charge in [-0.25, -0.2) is 0 Å². The Morgan fingerprint density at radius 1 is 0.309 bits per heavy atom. The van der Waals surface area contributed by atoms with Crippen molar-refractivity contribution in [2.75, 3.05) is 4.90 Å². The Kier molecular flexibility index (Phi) is 7.61. The molecular formula is C52H33NS2. The van der Waals surface area contributed by atoms with E-state index in [-0.39, 0.29) is 0 Å². The molecule has 0 N–H and O–H groups in total. The lowest BCUT2D eigenvalue weighted by molar-refractivity contribution is 1.29. The minimum Gasteiger partial charge on any atom is -0.310 e. The second-order valence-electron chi connectivity index (χ2n) is 14.0. The van der Waals surface area contributed by atoms with Gasteiger partial charge >= 0.3 is 0 Å². The van der Waals surface area contributed by atoms with Gasteiger partial charge in [-0.3, -0.25) is 0 Å². The SMILES string of the molecule is c1cc(-c2cccc3ccccc23)cc(N(c2cccc(-c3cccc4c3sc3ccccc34)c2)c2ccccc2-c2cccc3c2sc2ccccc23)c1. The number of para-hydroxylation sites is 1. The Balaban J connectivity index is 1.14. The van der Waals surface area contributed by atoms with Gasteiger partial charge < -0.3 is 4.90 Å². The maximum atomic E-state index is 2.46. The number of fused-ring (bicyclic) bond motifs is 7. The topological polar surface area (TPSA) is 3.24 Å². The van der Waals surface area contributed by atoms with Crippen LogP contribution in [-0.2, 0) is 0 Å². The first-order valence-electron chi connectivity index (χ1n) is 18.7. The Bertz CT molecular complexity index is 3230. The Morgan fingerprint density at radius 2 is 0.764 bits per heavy atom. The van der Waals surface area contributed by atoms with E-state index in [1.165, 1.54) is 84.5 Å². The van der Waals surface area contributed by atoms with Crippen LogP contribution in [0.5, 0.6) is 0 Å². The number of hydrogen-bond donors (Lipinski definition) is 0. The first-order valence-corrected chi connectivity index (χ1v) is 20.3. The molecule has 258 valence electrons. The van der Waals surface area contributed by atoms with Gasteiger partial charge in [0.05, 0.1) is 5.69 Å². The fourth-order valence-corrected chi connectivity index (χ4v) is 10.8. The van der Waals surface area contributed by atoms with Crippen LogP contribution in [0.2, 0.25) is 0 Å². The Hall–Kier alpha value is -6.52. The number of nitrogens with zero attached hydrogens (tertiary/aromatic N) is 1. The summed E-state index contributed by atoms with van der Waals surface area (Å²) in [5.74, 6) is 0. The van der Waals surface area contributed by atoms with Crippen LogP contribution in [-0.4, -0.2) is 0 Å². The second-order valence-corrected chi connectivity index (χ2v) is 16.1. The van der Waals surface area contributed by atoms with Gasteiger partial charge in [-0.05, 0) is 75.5 Å². The molecule has 0 aliphatic heterocycles. The molecule has 55 heavy (non-hydrogen) atoms. The molecule has 0 fully saturated rings. The van der Waals surface area contributed by atoms with Crippen LogP contribution >= 0.6 is 22.7 Å². The summed E-state index contributed by atoms with van der Waals surface area (Å²) in [4.78, 5) is 2.46. The monoisotopic (exact) mass is 735 g/mol. The summed E-state index contributed by atoms with van der Waals surface area (Å²) in [5, 5.41) is 7.73. The average Bonchev–Trinajstić information content (AvgIpc) is 3.83. The van der Waals surface area contributed by atoms with Gasteiger partial charge in [-0.15, -0.1) is 22.7 Å². The lowest BCUT2D eigenvalue weighted by Gasteiger charge is -2.29. The largest absolute Gasteiger partial charge is 0.310 e. The number of anilines is 3. The molecular weight excluding hydrogens is 703 g/mol. The molecule has 0 bridgehead atoms. The summed E-state index contributed by atoms with van der Waals surface area (Å²) in [5.41, 5.74) is 10.7. The molecule has 11 aromatic rings. The van der Waals surface area contributed by atoms with Crippen LogP contribution in [0.15, 0.2) is 200 Å². The van der Waals surface area contributed by atoms with Gasteiger partial charge in [0.2, 0.25) is 0 Å². The van der Waals surface area contributed by atoms with Crippen molar-refractivity contribution >= 4 is 90.9 Å². The van der Waals surface area contributed by atoms with Crippen LogP contribution in [0.1, 0.15) is 0 Å². The maximum Gasteiger partial charge on any atom is 0.0540 e. The molecule has 0 amide bonds. The second kappa shape index (κ2) is 13.1. The lowest BCUT2D eigenvalue weighted by Crippen LogP contribution is -2.11. The average molecular weight is 736 g/mol. The Morgan fingerprint density at radius 3 is 1.47 bits per heavy atom. The van der Waals surface area contributed by atoms with E-state index in [2.05, 4.69) is 205 Å². The van der Waals surface area contributed by atoms with Gasteiger partial charge in [0.15, 0.2) is 0 Å². The fourth-order valence-electron chi connectivity index (χ4n) is 8.36. The zero-order valence-corrected chi connectivity index (χ0v) is 31.4. The highest BCUT2D eigenvalue weighted by molar-refractivity contribution is 7.26. The molecule has 11 rings (SSSR count). The summed E-state index contributed by atoms with van der Waals surface area (Å²) in [6, 6.07) is 73.4. The third-order valence-electron chi connectivity index (χ3n) is 10.9. The number of hydrogen-bond acceptors (Lipinski definition) is 3. The first-order chi connectivity index (χ1) is 27.3. The quantitative estimate of drug-likeness (QED) is 0.164. The molecule has 0 atom stereocenters. The van der Waals surface area contributed by atoms with E-state index in [0.29, 0.717) is 0 Å². The van der Waals surface area contributed by atoms with Crippen molar-refractivity contribution in [2.24, 2.45) is 0 Å². The van der Waals surface area contributed by atoms with Crippen molar-refractivity contribution in [1.82, 2.24) is 0 Å². The molecule has 0 unspecified atom stereocenters. The van der Waals surface area contributed by atoms with E-state index in [1.54, 1.807) is 0 Å². The lowest BCUT2D eigenvalue weighted by atomic mass is 9.96. The number of thiophene rings is 2. The summed E-state index contributed by atoms with van der Waals surface area (Å²) < 4.78 is 5.26. The summed E-state index contributed by atoms with van der Waals surface area (Å²) in [7, 11) is 0. The van der Waals surface area contributed by atoms with Gasteiger partial charge in [0, 0.05) is 62.8 Å². The van der Waals surface area contributed by atoms with E-state index < -0.39 is 0 Å². The fraction of sp³-hybridized carbons (Fsp3) is 0. The zero-order chi connectivity index (χ0) is 36.3. The van der Waals surface area contributed by atoms with Crippen molar-refractivity contribution in [2.45, 2.75) is 0 Å². The van der Waals surface area contributed by atoms with Crippen LogP contribution < -0.4 is 4.90 Å². The van der Waals surface area contributed by atoms with Crippen LogP contribution in [0, 0.1) is 0 Å². The summed E-state index contributed by atoms with van der Waals surface area (Å²) in [6.45, 7) is 0. The maximum absolute atomic E-state index is 2.46. The highest BCUT2D eigenvalue weighted by Crippen LogP contribution is 2.48. The van der Waals surface area contributed by atoms with E-state index in [0.717, 1.165) is 17.1 Å². The van der Waals surface area contributed by atoms with Crippen molar-refractivity contribution < 1.29 is 0 Å².